The summed E-state index contributed by atoms with van der Waals surface area (Å²) in [6, 6.07) is 4.20. The van der Waals surface area contributed by atoms with Gasteiger partial charge in [-0.1, -0.05) is 6.07 Å². The summed E-state index contributed by atoms with van der Waals surface area (Å²) in [5.74, 6) is -0.559. The maximum Gasteiger partial charge on any atom is 0.254 e. The van der Waals surface area contributed by atoms with E-state index in [1.165, 1.54) is 6.07 Å². The van der Waals surface area contributed by atoms with Gasteiger partial charge in [0.1, 0.15) is 11.9 Å². The molecule has 0 radical (unpaired) electrons. The Labute approximate surface area is 159 Å². The fourth-order valence-corrected chi connectivity index (χ4v) is 3.24. The Morgan fingerprint density at radius 3 is 2.46 bits per heavy atom. The first-order chi connectivity index (χ1) is 12.0. The van der Waals surface area contributed by atoms with Gasteiger partial charge in [-0.05, 0) is 31.5 Å². The first kappa shape index (κ1) is 20.6. The van der Waals surface area contributed by atoms with Crippen LogP contribution in [0.4, 0.5) is 4.39 Å². The summed E-state index contributed by atoms with van der Waals surface area (Å²) < 4.78 is 19.2. The van der Waals surface area contributed by atoms with Gasteiger partial charge >= 0.3 is 0 Å². The molecule has 0 spiro atoms. The van der Waals surface area contributed by atoms with Crippen LogP contribution in [0, 0.1) is 12.7 Å². The minimum atomic E-state index is -0.378. The molecule has 0 aliphatic carbocycles. The first-order valence-corrected chi connectivity index (χ1v) is 8.66. The van der Waals surface area contributed by atoms with E-state index in [0.717, 1.165) is 0 Å². The Bertz CT molecular complexity index is 665. The number of benzene rings is 1. The van der Waals surface area contributed by atoms with E-state index in [9.17, 15) is 14.0 Å². The van der Waals surface area contributed by atoms with E-state index in [1.54, 1.807) is 28.9 Å². The van der Waals surface area contributed by atoms with Crippen LogP contribution in [0.2, 0.25) is 0 Å². The Morgan fingerprint density at radius 1 is 1.19 bits per heavy atom. The maximum absolute atomic E-state index is 13.7. The summed E-state index contributed by atoms with van der Waals surface area (Å²) in [5, 5.41) is 3.20. The van der Waals surface area contributed by atoms with Crippen LogP contribution in [0.15, 0.2) is 18.2 Å². The highest BCUT2D eigenvalue weighted by atomic mass is 35.5. The zero-order valence-electron chi connectivity index (χ0n) is 15.0. The van der Waals surface area contributed by atoms with E-state index in [1.807, 2.05) is 6.92 Å². The minimum Gasteiger partial charge on any atom is -0.375 e. The lowest BCUT2D eigenvalue weighted by molar-refractivity contribution is -0.140. The van der Waals surface area contributed by atoms with Gasteiger partial charge in [-0.3, -0.25) is 9.59 Å². The van der Waals surface area contributed by atoms with Gasteiger partial charge in [0.05, 0.1) is 12.7 Å². The zero-order chi connectivity index (χ0) is 18.0. The molecule has 2 atom stereocenters. The number of piperazine rings is 1. The number of hydrogen-bond donors (Lipinski definition) is 1. The zero-order valence-corrected chi connectivity index (χ0v) is 15.9. The van der Waals surface area contributed by atoms with E-state index >= 15 is 0 Å². The Morgan fingerprint density at radius 2 is 1.85 bits per heavy atom. The number of nitrogens with zero attached hydrogens (tertiary/aromatic N) is 2. The van der Waals surface area contributed by atoms with Crippen molar-refractivity contribution >= 4 is 24.2 Å². The van der Waals surface area contributed by atoms with Gasteiger partial charge in [0.2, 0.25) is 5.91 Å². The molecule has 2 fully saturated rings. The molecule has 0 unspecified atom stereocenters. The van der Waals surface area contributed by atoms with Crippen molar-refractivity contribution in [3.8, 4) is 0 Å². The highest BCUT2D eigenvalue weighted by Gasteiger charge is 2.34. The number of carbonyl (C=O) groups excluding carboxylic acids is 2. The molecule has 2 amide bonds. The third-order valence-electron chi connectivity index (χ3n) is 4.88. The normalized spacial score (nSPS) is 23.3. The number of morpholine rings is 1. The topological polar surface area (TPSA) is 61.9 Å². The van der Waals surface area contributed by atoms with Crippen LogP contribution in [0.5, 0.6) is 0 Å². The van der Waals surface area contributed by atoms with Crippen molar-refractivity contribution in [1.29, 1.82) is 0 Å². The molecule has 2 saturated heterocycles. The fourth-order valence-electron chi connectivity index (χ4n) is 3.24. The van der Waals surface area contributed by atoms with Gasteiger partial charge in [0.15, 0.2) is 0 Å². The highest BCUT2D eigenvalue weighted by Crippen LogP contribution is 2.15. The van der Waals surface area contributed by atoms with E-state index in [4.69, 9.17) is 4.74 Å². The van der Waals surface area contributed by atoms with Crippen LogP contribution in [-0.2, 0) is 9.53 Å². The van der Waals surface area contributed by atoms with Gasteiger partial charge in [0.25, 0.3) is 5.91 Å². The van der Waals surface area contributed by atoms with E-state index in [2.05, 4.69) is 5.32 Å². The SMILES string of the molecule is Cc1ccc(C(=O)N2CCN(C(=O)[C@H]3NCCO[C@@H]3C)CC2)cc1F.Cl. The smallest absolute Gasteiger partial charge is 0.254 e. The lowest BCUT2D eigenvalue weighted by atomic mass is 10.1. The van der Waals surface area contributed by atoms with Crippen molar-refractivity contribution in [2.75, 3.05) is 39.3 Å². The molecular formula is C18H25ClFN3O3. The van der Waals surface area contributed by atoms with Crippen LogP contribution < -0.4 is 5.32 Å². The second kappa shape index (κ2) is 8.79. The second-order valence-electron chi connectivity index (χ2n) is 6.59. The summed E-state index contributed by atoms with van der Waals surface area (Å²) >= 11 is 0. The van der Waals surface area contributed by atoms with E-state index in [-0.39, 0.29) is 42.2 Å². The van der Waals surface area contributed by atoms with Crippen LogP contribution in [-0.4, -0.2) is 73.1 Å². The Balaban J connectivity index is 0.00000243. The van der Waals surface area contributed by atoms with Gasteiger partial charge in [-0.15, -0.1) is 12.4 Å². The number of halogens is 2. The fraction of sp³-hybridized carbons (Fsp3) is 0.556. The van der Waals surface area contributed by atoms with Crippen LogP contribution in [0.3, 0.4) is 0 Å². The summed E-state index contributed by atoms with van der Waals surface area (Å²) in [5.41, 5.74) is 0.863. The predicted octanol–water partition coefficient (Wildman–Crippen LogP) is 1.22. The molecule has 0 saturated carbocycles. The third-order valence-corrected chi connectivity index (χ3v) is 4.88. The van der Waals surface area contributed by atoms with Crippen molar-refractivity contribution in [3.63, 3.8) is 0 Å². The molecule has 0 aromatic heterocycles. The summed E-state index contributed by atoms with van der Waals surface area (Å²) in [6.07, 6.45) is -0.156. The Hall–Kier alpha value is -1.70. The second-order valence-corrected chi connectivity index (χ2v) is 6.59. The summed E-state index contributed by atoms with van der Waals surface area (Å²) in [7, 11) is 0. The van der Waals surface area contributed by atoms with Crippen molar-refractivity contribution in [3.05, 3.63) is 35.1 Å². The first-order valence-electron chi connectivity index (χ1n) is 8.66. The molecule has 2 heterocycles. The molecular weight excluding hydrogens is 361 g/mol. The number of rotatable bonds is 2. The summed E-state index contributed by atoms with van der Waals surface area (Å²) in [6.45, 7) is 6.68. The van der Waals surface area contributed by atoms with Gasteiger partial charge in [-0.25, -0.2) is 4.39 Å². The van der Waals surface area contributed by atoms with Crippen LogP contribution >= 0.6 is 12.4 Å². The number of amides is 2. The standard InChI is InChI=1S/C18H24FN3O3.ClH/c1-12-3-4-14(11-15(12)19)17(23)21-6-8-22(9-7-21)18(24)16-13(2)25-10-5-20-16;/h3-4,11,13,16,20H,5-10H2,1-2H3;1H/t13-,16+;/m1./s1. The minimum absolute atomic E-state index is 0. The quantitative estimate of drug-likeness (QED) is 0.831. The monoisotopic (exact) mass is 385 g/mol. The molecule has 1 aromatic carbocycles. The molecule has 3 rings (SSSR count). The average molecular weight is 386 g/mol. The van der Waals surface area contributed by atoms with Crippen molar-refractivity contribution in [1.82, 2.24) is 15.1 Å². The van der Waals surface area contributed by atoms with Gasteiger partial charge < -0.3 is 19.9 Å². The molecule has 144 valence electrons. The van der Waals surface area contributed by atoms with Gasteiger partial charge in [0, 0.05) is 38.3 Å². The number of carbonyl (C=O) groups is 2. The third kappa shape index (κ3) is 4.34. The molecule has 1 aromatic rings. The average Bonchev–Trinajstić information content (AvgIpc) is 2.63. The molecule has 8 heteroatoms. The van der Waals surface area contributed by atoms with E-state index in [0.29, 0.717) is 50.5 Å². The molecule has 0 bridgehead atoms. The van der Waals surface area contributed by atoms with Gasteiger partial charge in [-0.2, -0.15) is 0 Å². The number of ether oxygens (including phenoxy) is 1. The predicted molar refractivity (Wildman–Crippen MR) is 98.1 cm³/mol. The Kier molecular flexibility index (Phi) is 6.97. The molecule has 6 nitrogen and oxygen atoms in total. The lowest BCUT2D eigenvalue weighted by Gasteiger charge is -2.38. The maximum atomic E-state index is 13.7. The number of hydrogen-bond acceptors (Lipinski definition) is 4. The van der Waals surface area contributed by atoms with Crippen LogP contribution in [0.25, 0.3) is 0 Å². The lowest BCUT2D eigenvalue weighted by Crippen LogP contribution is -2.60. The number of aryl methyl sites for hydroxylation is 1. The van der Waals surface area contributed by atoms with Crippen molar-refractivity contribution in [2.45, 2.75) is 26.0 Å². The van der Waals surface area contributed by atoms with Crippen molar-refractivity contribution in [2.24, 2.45) is 0 Å². The summed E-state index contributed by atoms with van der Waals surface area (Å²) in [4.78, 5) is 28.6. The largest absolute Gasteiger partial charge is 0.375 e. The van der Waals surface area contributed by atoms with Crippen molar-refractivity contribution < 1.29 is 18.7 Å². The molecule has 1 N–H and O–H groups in total. The van der Waals surface area contributed by atoms with Crippen LogP contribution in [0.1, 0.15) is 22.8 Å². The highest BCUT2D eigenvalue weighted by molar-refractivity contribution is 5.94. The van der Waals surface area contributed by atoms with E-state index < -0.39 is 0 Å². The number of nitrogens with one attached hydrogen (secondary N) is 1. The molecule has 2 aliphatic heterocycles. The molecule has 2 aliphatic rings. The molecule has 26 heavy (non-hydrogen) atoms.